The Morgan fingerprint density at radius 3 is 2.33 bits per heavy atom. The molecule has 2 aromatic rings. The molecule has 0 unspecified atom stereocenters. The molecule has 2 rings (SSSR count). The number of aromatic nitrogens is 2. The topological polar surface area (TPSA) is 49.6 Å². The van der Waals surface area contributed by atoms with E-state index in [1.165, 1.54) is 5.56 Å². The lowest BCUT2D eigenvalue weighted by Gasteiger charge is -2.07. The van der Waals surface area contributed by atoms with E-state index in [9.17, 15) is 0 Å². The van der Waals surface area contributed by atoms with Crippen LogP contribution in [0.15, 0.2) is 30.3 Å². The molecule has 0 fully saturated rings. The molecule has 18 heavy (non-hydrogen) atoms. The Labute approximate surface area is 107 Å². The standard InChI is InChI=1S/C15H15N3/c1-10(2)12-4-6-13(7-5-12)15-8-14(9-16)17-11(3)18-15/h4-8,10H,1-3H3. The van der Waals surface area contributed by atoms with E-state index < -0.39 is 0 Å². The third-order valence-electron chi connectivity index (χ3n) is 2.83. The first-order valence-electron chi connectivity index (χ1n) is 5.96. The van der Waals surface area contributed by atoms with Crippen LogP contribution in [0.1, 0.15) is 36.8 Å². The summed E-state index contributed by atoms with van der Waals surface area (Å²) in [5.74, 6) is 1.14. The summed E-state index contributed by atoms with van der Waals surface area (Å²) in [6.07, 6.45) is 0. The Kier molecular flexibility index (Phi) is 3.38. The molecule has 0 aliphatic carbocycles. The Bertz CT molecular complexity index is 592. The number of hydrogen-bond acceptors (Lipinski definition) is 3. The third kappa shape index (κ3) is 2.54. The number of rotatable bonds is 2. The SMILES string of the molecule is Cc1nc(C#N)cc(-c2ccc(C(C)C)cc2)n1. The smallest absolute Gasteiger partial charge is 0.144 e. The summed E-state index contributed by atoms with van der Waals surface area (Å²) < 4.78 is 0. The van der Waals surface area contributed by atoms with Crippen molar-refractivity contribution in [2.24, 2.45) is 0 Å². The van der Waals surface area contributed by atoms with Crippen LogP contribution in [0.25, 0.3) is 11.3 Å². The van der Waals surface area contributed by atoms with Gasteiger partial charge >= 0.3 is 0 Å². The van der Waals surface area contributed by atoms with Crippen molar-refractivity contribution in [2.45, 2.75) is 26.7 Å². The summed E-state index contributed by atoms with van der Waals surface area (Å²) in [6, 6.07) is 12.1. The van der Waals surface area contributed by atoms with Crippen molar-refractivity contribution in [1.82, 2.24) is 9.97 Å². The molecular weight excluding hydrogens is 222 g/mol. The highest BCUT2D eigenvalue weighted by Crippen LogP contribution is 2.21. The molecular formula is C15H15N3. The molecule has 0 saturated heterocycles. The van der Waals surface area contributed by atoms with Crippen LogP contribution in [0, 0.1) is 18.3 Å². The zero-order chi connectivity index (χ0) is 13.1. The van der Waals surface area contributed by atoms with E-state index >= 15 is 0 Å². The highest BCUT2D eigenvalue weighted by Gasteiger charge is 2.05. The fourth-order valence-electron chi connectivity index (χ4n) is 1.81. The second-order valence-electron chi connectivity index (χ2n) is 4.57. The quantitative estimate of drug-likeness (QED) is 0.803. The minimum Gasteiger partial charge on any atom is -0.233 e. The fraction of sp³-hybridized carbons (Fsp3) is 0.267. The summed E-state index contributed by atoms with van der Waals surface area (Å²) in [6.45, 7) is 6.13. The number of hydrogen-bond donors (Lipinski definition) is 0. The summed E-state index contributed by atoms with van der Waals surface area (Å²) in [5, 5.41) is 8.91. The molecule has 1 heterocycles. The molecule has 0 aliphatic rings. The van der Waals surface area contributed by atoms with E-state index in [1.807, 2.05) is 12.1 Å². The lowest BCUT2D eigenvalue weighted by Crippen LogP contribution is -1.95. The van der Waals surface area contributed by atoms with Crippen LogP contribution in [0.5, 0.6) is 0 Å². The maximum atomic E-state index is 8.91. The van der Waals surface area contributed by atoms with Gasteiger partial charge in [0.1, 0.15) is 17.6 Å². The molecule has 1 aromatic heterocycles. The van der Waals surface area contributed by atoms with E-state index in [2.05, 4.69) is 42.0 Å². The van der Waals surface area contributed by atoms with Crippen molar-refractivity contribution in [2.75, 3.05) is 0 Å². The predicted molar refractivity (Wildman–Crippen MR) is 71.0 cm³/mol. The summed E-state index contributed by atoms with van der Waals surface area (Å²) in [5.41, 5.74) is 3.52. The Hall–Kier alpha value is -2.21. The fourth-order valence-corrected chi connectivity index (χ4v) is 1.81. The van der Waals surface area contributed by atoms with Crippen LogP contribution >= 0.6 is 0 Å². The normalized spacial score (nSPS) is 10.4. The van der Waals surface area contributed by atoms with E-state index in [0.717, 1.165) is 11.3 Å². The first-order valence-corrected chi connectivity index (χ1v) is 5.96. The van der Waals surface area contributed by atoms with Gasteiger partial charge < -0.3 is 0 Å². The lowest BCUT2D eigenvalue weighted by atomic mass is 10.0. The van der Waals surface area contributed by atoms with Gasteiger partial charge in [0.25, 0.3) is 0 Å². The van der Waals surface area contributed by atoms with Gasteiger partial charge in [-0.1, -0.05) is 38.1 Å². The van der Waals surface area contributed by atoms with Crippen molar-refractivity contribution >= 4 is 0 Å². The zero-order valence-electron chi connectivity index (χ0n) is 10.8. The molecule has 0 bridgehead atoms. The van der Waals surface area contributed by atoms with Crippen molar-refractivity contribution in [3.05, 3.63) is 47.4 Å². The van der Waals surface area contributed by atoms with Crippen LogP contribution in [0.4, 0.5) is 0 Å². The van der Waals surface area contributed by atoms with E-state index in [1.54, 1.807) is 13.0 Å². The van der Waals surface area contributed by atoms with Gasteiger partial charge in [0.2, 0.25) is 0 Å². The number of nitriles is 1. The zero-order valence-corrected chi connectivity index (χ0v) is 10.8. The van der Waals surface area contributed by atoms with Crippen LogP contribution in [0.3, 0.4) is 0 Å². The predicted octanol–water partition coefficient (Wildman–Crippen LogP) is 3.45. The third-order valence-corrected chi connectivity index (χ3v) is 2.83. The summed E-state index contributed by atoms with van der Waals surface area (Å²) in [7, 11) is 0. The highest BCUT2D eigenvalue weighted by atomic mass is 14.9. The largest absolute Gasteiger partial charge is 0.233 e. The molecule has 0 aliphatic heterocycles. The molecule has 0 radical (unpaired) electrons. The molecule has 0 atom stereocenters. The Balaban J connectivity index is 2.43. The first-order chi connectivity index (χ1) is 8.60. The van der Waals surface area contributed by atoms with Crippen LogP contribution in [-0.2, 0) is 0 Å². The highest BCUT2D eigenvalue weighted by molar-refractivity contribution is 5.60. The Morgan fingerprint density at radius 1 is 1.11 bits per heavy atom. The van der Waals surface area contributed by atoms with Crippen LogP contribution in [-0.4, -0.2) is 9.97 Å². The molecule has 90 valence electrons. The molecule has 3 nitrogen and oxygen atoms in total. The molecule has 0 saturated carbocycles. The Morgan fingerprint density at radius 2 is 1.78 bits per heavy atom. The van der Waals surface area contributed by atoms with Gasteiger partial charge in [-0.05, 0) is 18.4 Å². The number of nitrogens with zero attached hydrogens (tertiary/aromatic N) is 3. The average Bonchev–Trinajstić information content (AvgIpc) is 2.38. The first kappa shape index (κ1) is 12.3. The maximum Gasteiger partial charge on any atom is 0.144 e. The molecule has 0 amide bonds. The van der Waals surface area contributed by atoms with Gasteiger partial charge in [-0.3, -0.25) is 0 Å². The van der Waals surface area contributed by atoms with Gasteiger partial charge in [0.05, 0.1) is 5.69 Å². The van der Waals surface area contributed by atoms with Crippen LogP contribution < -0.4 is 0 Å². The van der Waals surface area contributed by atoms with Gasteiger partial charge in [-0.25, -0.2) is 9.97 Å². The monoisotopic (exact) mass is 237 g/mol. The van der Waals surface area contributed by atoms with Crippen molar-refractivity contribution in [1.29, 1.82) is 5.26 Å². The second-order valence-corrected chi connectivity index (χ2v) is 4.57. The van der Waals surface area contributed by atoms with Gasteiger partial charge in [-0.15, -0.1) is 0 Å². The van der Waals surface area contributed by atoms with Gasteiger partial charge in [0.15, 0.2) is 0 Å². The molecule has 0 spiro atoms. The van der Waals surface area contributed by atoms with E-state index in [4.69, 9.17) is 5.26 Å². The van der Waals surface area contributed by atoms with E-state index in [0.29, 0.717) is 17.4 Å². The molecule has 3 heteroatoms. The van der Waals surface area contributed by atoms with Gasteiger partial charge in [-0.2, -0.15) is 5.26 Å². The van der Waals surface area contributed by atoms with Crippen molar-refractivity contribution in [3.63, 3.8) is 0 Å². The minimum atomic E-state index is 0.408. The maximum absolute atomic E-state index is 8.91. The van der Waals surface area contributed by atoms with Crippen molar-refractivity contribution < 1.29 is 0 Å². The lowest BCUT2D eigenvalue weighted by molar-refractivity contribution is 0.867. The summed E-state index contributed by atoms with van der Waals surface area (Å²) >= 11 is 0. The second kappa shape index (κ2) is 4.97. The molecule has 0 N–H and O–H groups in total. The minimum absolute atomic E-state index is 0.408. The average molecular weight is 237 g/mol. The van der Waals surface area contributed by atoms with Gasteiger partial charge in [0, 0.05) is 11.6 Å². The number of aryl methyl sites for hydroxylation is 1. The van der Waals surface area contributed by atoms with Crippen LogP contribution in [0.2, 0.25) is 0 Å². The number of benzene rings is 1. The van der Waals surface area contributed by atoms with Crippen molar-refractivity contribution in [3.8, 4) is 17.3 Å². The van der Waals surface area contributed by atoms with E-state index in [-0.39, 0.29) is 0 Å². The summed E-state index contributed by atoms with van der Waals surface area (Å²) in [4.78, 5) is 8.42. The molecule has 1 aromatic carbocycles.